The topological polar surface area (TPSA) is 70.1 Å². The maximum Gasteiger partial charge on any atom is 0.326 e. The van der Waals surface area contributed by atoms with Gasteiger partial charge in [0, 0.05) is 24.4 Å². The summed E-state index contributed by atoms with van der Waals surface area (Å²) in [6.45, 7) is 6.43. The van der Waals surface area contributed by atoms with Crippen LogP contribution >= 0.6 is 0 Å². The van der Waals surface area contributed by atoms with Gasteiger partial charge in [0.2, 0.25) is 0 Å². The van der Waals surface area contributed by atoms with Gasteiger partial charge >= 0.3 is 5.97 Å². The summed E-state index contributed by atoms with van der Waals surface area (Å²) in [5.74, 6) is 1.15. The minimum Gasteiger partial charge on any atom is -0.465 e. The summed E-state index contributed by atoms with van der Waals surface area (Å²) in [4.78, 5) is 16.3. The molecule has 1 heterocycles. The predicted molar refractivity (Wildman–Crippen MR) is 72.8 cm³/mol. The molecule has 1 saturated carbocycles. The van der Waals surface area contributed by atoms with Crippen molar-refractivity contribution in [2.75, 3.05) is 6.61 Å². The van der Waals surface area contributed by atoms with Crippen molar-refractivity contribution in [2.45, 2.75) is 57.5 Å². The van der Waals surface area contributed by atoms with Crippen LogP contribution in [0, 0.1) is 0 Å². The highest BCUT2D eigenvalue weighted by Gasteiger charge is 2.44. The van der Waals surface area contributed by atoms with E-state index in [4.69, 9.17) is 10.5 Å². The van der Waals surface area contributed by atoms with Gasteiger partial charge in [-0.15, -0.1) is 0 Å². The van der Waals surface area contributed by atoms with Crippen LogP contribution in [0.1, 0.15) is 57.8 Å². The Balaban J connectivity index is 2.13. The Labute approximate surface area is 114 Å². The molecule has 1 aliphatic carbocycles. The molecule has 0 spiro atoms. The van der Waals surface area contributed by atoms with Gasteiger partial charge in [0.1, 0.15) is 11.4 Å². The van der Waals surface area contributed by atoms with Crippen molar-refractivity contribution in [3.05, 3.63) is 18.2 Å². The summed E-state index contributed by atoms with van der Waals surface area (Å²) in [7, 11) is 0. The van der Waals surface area contributed by atoms with Crippen molar-refractivity contribution in [3.8, 4) is 0 Å². The fourth-order valence-electron chi connectivity index (χ4n) is 2.83. The summed E-state index contributed by atoms with van der Waals surface area (Å²) in [6.07, 6.45) is 5.99. The first-order chi connectivity index (χ1) is 8.98. The van der Waals surface area contributed by atoms with E-state index in [1.165, 1.54) is 0 Å². The molecule has 5 heteroatoms. The molecule has 0 saturated heterocycles. The molecule has 2 N–H and O–H groups in total. The standard InChI is InChI=1S/C14H23N3O2/c1-4-19-13(18)14(15)6-5-11(9-14)17-8-7-16-12(17)10(2)3/h7-8,10-11H,4-6,9,15H2,1-3H3. The molecule has 1 aliphatic rings. The van der Waals surface area contributed by atoms with Crippen molar-refractivity contribution in [1.82, 2.24) is 9.55 Å². The van der Waals surface area contributed by atoms with Crippen LogP contribution in [-0.2, 0) is 9.53 Å². The van der Waals surface area contributed by atoms with Crippen molar-refractivity contribution in [1.29, 1.82) is 0 Å². The van der Waals surface area contributed by atoms with Gasteiger partial charge in [-0.1, -0.05) is 13.8 Å². The highest BCUT2D eigenvalue weighted by atomic mass is 16.5. The van der Waals surface area contributed by atoms with E-state index < -0.39 is 5.54 Å². The van der Waals surface area contributed by atoms with Crippen LogP contribution in [0.3, 0.4) is 0 Å². The SMILES string of the molecule is CCOC(=O)C1(N)CCC(n2ccnc2C(C)C)C1. The fourth-order valence-corrected chi connectivity index (χ4v) is 2.83. The largest absolute Gasteiger partial charge is 0.465 e. The molecular weight excluding hydrogens is 242 g/mol. The molecule has 0 aliphatic heterocycles. The van der Waals surface area contributed by atoms with Crippen LogP contribution in [-0.4, -0.2) is 27.7 Å². The monoisotopic (exact) mass is 265 g/mol. The molecular formula is C14H23N3O2. The van der Waals surface area contributed by atoms with Crippen LogP contribution < -0.4 is 5.73 Å². The quantitative estimate of drug-likeness (QED) is 0.845. The van der Waals surface area contributed by atoms with E-state index in [1.54, 1.807) is 6.92 Å². The number of aromatic nitrogens is 2. The lowest BCUT2D eigenvalue weighted by molar-refractivity contribution is -0.149. The minimum atomic E-state index is -0.834. The lowest BCUT2D eigenvalue weighted by Crippen LogP contribution is -2.46. The number of hydrogen-bond donors (Lipinski definition) is 1. The smallest absolute Gasteiger partial charge is 0.326 e. The van der Waals surface area contributed by atoms with Gasteiger partial charge < -0.3 is 15.0 Å². The molecule has 2 rings (SSSR count). The average Bonchev–Trinajstić information content (AvgIpc) is 2.96. The van der Waals surface area contributed by atoms with Gasteiger partial charge in [0.15, 0.2) is 0 Å². The van der Waals surface area contributed by atoms with E-state index in [0.29, 0.717) is 25.4 Å². The number of carbonyl (C=O) groups excluding carboxylic acids is 1. The number of rotatable bonds is 4. The first-order valence-corrected chi connectivity index (χ1v) is 6.96. The molecule has 0 amide bonds. The Morgan fingerprint density at radius 2 is 2.42 bits per heavy atom. The average molecular weight is 265 g/mol. The zero-order chi connectivity index (χ0) is 14.0. The van der Waals surface area contributed by atoms with Gasteiger partial charge in [-0.2, -0.15) is 0 Å². The molecule has 19 heavy (non-hydrogen) atoms. The number of nitrogens with two attached hydrogens (primary N) is 1. The lowest BCUT2D eigenvalue weighted by Gasteiger charge is -2.22. The normalized spacial score (nSPS) is 26.9. The van der Waals surface area contributed by atoms with Crippen LogP contribution in [0.15, 0.2) is 12.4 Å². The summed E-state index contributed by atoms with van der Waals surface area (Å²) in [5, 5.41) is 0. The van der Waals surface area contributed by atoms with Crippen molar-refractivity contribution < 1.29 is 9.53 Å². The molecule has 0 bridgehead atoms. The zero-order valence-corrected chi connectivity index (χ0v) is 11.9. The maximum atomic E-state index is 11.9. The van der Waals surface area contributed by atoms with Gasteiger partial charge in [0.05, 0.1) is 6.61 Å². The molecule has 0 aromatic carbocycles. The summed E-state index contributed by atoms with van der Waals surface area (Å²) < 4.78 is 7.25. The molecule has 0 radical (unpaired) electrons. The summed E-state index contributed by atoms with van der Waals surface area (Å²) in [5.41, 5.74) is 5.37. The third-order valence-electron chi connectivity index (χ3n) is 3.81. The molecule has 1 fully saturated rings. The van der Waals surface area contributed by atoms with E-state index in [2.05, 4.69) is 23.4 Å². The van der Waals surface area contributed by atoms with Gasteiger partial charge in [0.25, 0.3) is 0 Å². The second-order valence-corrected chi connectivity index (χ2v) is 5.62. The highest BCUT2D eigenvalue weighted by Crippen LogP contribution is 2.38. The number of esters is 1. The van der Waals surface area contributed by atoms with Crippen LogP contribution in [0.2, 0.25) is 0 Å². The Hall–Kier alpha value is -1.36. The van der Waals surface area contributed by atoms with Crippen molar-refractivity contribution in [2.24, 2.45) is 5.73 Å². The van der Waals surface area contributed by atoms with Crippen LogP contribution in [0.25, 0.3) is 0 Å². The number of carbonyl (C=O) groups is 1. The second kappa shape index (κ2) is 5.33. The first-order valence-electron chi connectivity index (χ1n) is 6.96. The molecule has 1 aromatic rings. The lowest BCUT2D eigenvalue weighted by atomic mass is 9.99. The zero-order valence-electron chi connectivity index (χ0n) is 11.9. The molecule has 1 aromatic heterocycles. The number of ether oxygens (including phenoxy) is 1. The Bertz CT molecular complexity index is 455. The predicted octanol–water partition coefficient (Wildman–Crippen LogP) is 1.99. The number of nitrogens with zero attached hydrogens (tertiary/aromatic N) is 2. The van der Waals surface area contributed by atoms with E-state index >= 15 is 0 Å². The van der Waals surface area contributed by atoms with E-state index in [9.17, 15) is 4.79 Å². The molecule has 2 unspecified atom stereocenters. The van der Waals surface area contributed by atoms with Crippen LogP contribution in [0.5, 0.6) is 0 Å². The third-order valence-corrected chi connectivity index (χ3v) is 3.81. The third kappa shape index (κ3) is 2.66. The van der Waals surface area contributed by atoms with Crippen molar-refractivity contribution >= 4 is 5.97 Å². The summed E-state index contributed by atoms with van der Waals surface area (Å²) in [6, 6.07) is 0.245. The Morgan fingerprint density at radius 3 is 3.05 bits per heavy atom. The van der Waals surface area contributed by atoms with Gasteiger partial charge in [-0.25, -0.2) is 4.98 Å². The fraction of sp³-hybridized carbons (Fsp3) is 0.714. The molecule has 5 nitrogen and oxygen atoms in total. The van der Waals surface area contributed by atoms with E-state index in [-0.39, 0.29) is 12.0 Å². The Morgan fingerprint density at radius 1 is 1.68 bits per heavy atom. The maximum absolute atomic E-state index is 11.9. The van der Waals surface area contributed by atoms with Gasteiger partial charge in [-0.3, -0.25) is 4.79 Å². The number of hydrogen-bond acceptors (Lipinski definition) is 4. The molecule has 106 valence electrons. The Kier molecular flexibility index (Phi) is 3.94. The summed E-state index contributed by atoms with van der Waals surface area (Å²) >= 11 is 0. The highest BCUT2D eigenvalue weighted by molar-refractivity contribution is 5.81. The second-order valence-electron chi connectivity index (χ2n) is 5.62. The molecule has 2 atom stereocenters. The van der Waals surface area contributed by atoms with Gasteiger partial charge in [-0.05, 0) is 26.2 Å². The van der Waals surface area contributed by atoms with E-state index in [1.807, 2.05) is 12.4 Å². The van der Waals surface area contributed by atoms with E-state index in [0.717, 1.165) is 12.2 Å². The van der Waals surface area contributed by atoms with Crippen molar-refractivity contribution in [3.63, 3.8) is 0 Å². The minimum absolute atomic E-state index is 0.245. The van der Waals surface area contributed by atoms with Crippen LogP contribution in [0.4, 0.5) is 0 Å². The first kappa shape index (κ1) is 14.1. The number of imidazole rings is 1.